The van der Waals surface area contributed by atoms with E-state index in [1.807, 2.05) is 12.1 Å². The third kappa shape index (κ3) is 4.84. The van der Waals surface area contributed by atoms with E-state index in [0.29, 0.717) is 0 Å². The van der Waals surface area contributed by atoms with Crippen molar-refractivity contribution in [3.63, 3.8) is 0 Å². The Morgan fingerprint density at radius 2 is 1.85 bits per heavy atom. The van der Waals surface area contributed by atoms with Gasteiger partial charge in [0, 0.05) is 13.6 Å². The summed E-state index contributed by atoms with van der Waals surface area (Å²) in [5, 5.41) is 5.26. The Labute approximate surface area is 158 Å². The van der Waals surface area contributed by atoms with Gasteiger partial charge in [-0.2, -0.15) is 0 Å². The molecule has 0 radical (unpaired) electrons. The Morgan fingerprint density at radius 3 is 2.63 bits per heavy atom. The topological polar surface area (TPSA) is 61.4 Å². The maximum absolute atomic E-state index is 12.9. The molecule has 0 aromatic heterocycles. The Bertz CT molecular complexity index is 807. The molecule has 3 rings (SSSR count). The van der Waals surface area contributed by atoms with E-state index in [9.17, 15) is 14.0 Å². The zero-order valence-corrected chi connectivity index (χ0v) is 15.4. The third-order valence-electron chi connectivity index (χ3n) is 4.97. The number of carbonyl (C=O) groups is 2. The minimum atomic E-state index is -0.426. The lowest BCUT2D eigenvalue weighted by Gasteiger charge is -2.33. The molecule has 2 aromatic rings. The van der Waals surface area contributed by atoms with Gasteiger partial charge in [0.25, 0.3) is 0 Å². The average Bonchev–Trinajstić information content (AvgIpc) is 2.70. The number of amides is 3. The number of benzene rings is 2. The minimum absolute atomic E-state index is 0.0477. The van der Waals surface area contributed by atoms with Crippen molar-refractivity contribution in [3.8, 4) is 0 Å². The van der Waals surface area contributed by atoms with Crippen LogP contribution in [0.4, 0.5) is 9.18 Å². The van der Waals surface area contributed by atoms with Gasteiger partial charge >= 0.3 is 6.03 Å². The van der Waals surface area contributed by atoms with Crippen LogP contribution in [0.5, 0.6) is 0 Å². The van der Waals surface area contributed by atoms with Gasteiger partial charge in [0.15, 0.2) is 0 Å². The van der Waals surface area contributed by atoms with Crippen molar-refractivity contribution in [2.75, 3.05) is 13.6 Å². The number of urea groups is 1. The second-order valence-corrected chi connectivity index (χ2v) is 6.77. The lowest BCUT2D eigenvalue weighted by molar-refractivity contribution is -0.131. The van der Waals surface area contributed by atoms with Gasteiger partial charge in [-0.25, -0.2) is 9.18 Å². The summed E-state index contributed by atoms with van der Waals surface area (Å²) in [5.74, 6) is -0.449. The zero-order chi connectivity index (χ0) is 19.2. The summed E-state index contributed by atoms with van der Waals surface area (Å²) in [4.78, 5) is 26.1. The molecular weight excluding hydrogens is 345 g/mol. The van der Waals surface area contributed by atoms with Crippen molar-refractivity contribution >= 4 is 11.9 Å². The Morgan fingerprint density at radius 1 is 1.11 bits per heavy atom. The number of hydrogen-bond acceptors (Lipinski definition) is 2. The number of rotatable bonds is 5. The van der Waals surface area contributed by atoms with E-state index in [4.69, 9.17) is 0 Å². The first-order valence-corrected chi connectivity index (χ1v) is 9.14. The van der Waals surface area contributed by atoms with Crippen LogP contribution in [0.2, 0.25) is 0 Å². The summed E-state index contributed by atoms with van der Waals surface area (Å²) in [6.07, 6.45) is 3.01. The molecule has 3 amide bonds. The predicted octanol–water partition coefficient (Wildman–Crippen LogP) is 3.16. The molecule has 1 unspecified atom stereocenters. The van der Waals surface area contributed by atoms with Gasteiger partial charge in [-0.3, -0.25) is 4.79 Å². The monoisotopic (exact) mass is 369 g/mol. The van der Waals surface area contributed by atoms with E-state index in [0.717, 1.165) is 24.8 Å². The number of carbonyl (C=O) groups excluding carboxylic acids is 2. The Balaban J connectivity index is 1.49. The van der Waals surface area contributed by atoms with E-state index < -0.39 is 6.03 Å². The highest BCUT2D eigenvalue weighted by atomic mass is 19.1. The number of nitrogens with one attached hydrogen (secondary N) is 2. The standard InChI is InChI=1S/C21H24FN3O2/c1-25(19-8-4-6-16-5-2-3-7-18(16)19)20(26)14-24-21(27)23-13-15-9-11-17(22)12-10-15/h2-3,5,7,9-12,19H,4,6,8,13-14H2,1H3,(H2,23,24,27). The van der Waals surface area contributed by atoms with E-state index in [2.05, 4.69) is 22.8 Å². The number of aryl methyl sites for hydroxylation is 1. The van der Waals surface area contributed by atoms with Crippen LogP contribution in [0.1, 0.15) is 35.6 Å². The molecule has 0 fully saturated rings. The summed E-state index contributed by atoms with van der Waals surface area (Å²) in [6, 6.07) is 13.7. The van der Waals surface area contributed by atoms with Crippen LogP contribution in [0.3, 0.4) is 0 Å². The smallest absolute Gasteiger partial charge is 0.315 e. The van der Waals surface area contributed by atoms with Crippen molar-refractivity contribution in [1.29, 1.82) is 0 Å². The first kappa shape index (κ1) is 18.9. The fraction of sp³-hybridized carbons (Fsp3) is 0.333. The number of hydrogen-bond donors (Lipinski definition) is 2. The maximum Gasteiger partial charge on any atom is 0.315 e. The van der Waals surface area contributed by atoms with Crippen LogP contribution in [0, 0.1) is 5.82 Å². The highest BCUT2D eigenvalue weighted by molar-refractivity contribution is 5.84. The first-order chi connectivity index (χ1) is 13.0. The molecule has 0 saturated carbocycles. The van der Waals surface area contributed by atoms with E-state index in [1.165, 1.54) is 23.3 Å². The predicted molar refractivity (Wildman–Crippen MR) is 102 cm³/mol. The second kappa shape index (κ2) is 8.66. The van der Waals surface area contributed by atoms with Crippen molar-refractivity contribution < 1.29 is 14.0 Å². The molecule has 2 aromatic carbocycles. The van der Waals surface area contributed by atoms with E-state index in [-0.39, 0.29) is 30.9 Å². The summed E-state index contributed by atoms with van der Waals surface area (Å²) in [7, 11) is 1.78. The van der Waals surface area contributed by atoms with Crippen LogP contribution < -0.4 is 10.6 Å². The van der Waals surface area contributed by atoms with Crippen molar-refractivity contribution in [3.05, 3.63) is 71.0 Å². The van der Waals surface area contributed by atoms with Crippen LogP contribution >= 0.6 is 0 Å². The lowest BCUT2D eigenvalue weighted by atomic mass is 9.87. The summed E-state index contributed by atoms with van der Waals surface area (Å²) in [6.45, 7) is 0.205. The molecule has 142 valence electrons. The number of nitrogens with zero attached hydrogens (tertiary/aromatic N) is 1. The summed E-state index contributed by atoms with van der Waals surface area (Å²) in [5.41, 5.74) is 3.27. The second-order valence-electron chi connectivity index (χ2n) is 6.77. The average molecular weight is 369 g/mol. The molecule has 0 aliphatic heterocycles. The van der Waals surface area contributed by atoms with E-state index >= 15 is 0 Å². The number of halogens is 1. The largest absolute Gasteiger partial charge is 0.337 e. The van der Waals surface area contributed by atoms with Gasteiger partial charge in [-0.05, 0) is 48.1 Å². The third-order valence-corrected chi connectivity index (χ3v) is 4.97. The van der Waals surface area contributed by atoms with Gasteiger partial charge in [-0.15, -0.1) is 0 Å². The van der Waals surface area contributed by atoms with Crippen molar-refractivity contribution in [2.24, 2.45) is 0 Å². The van der Waals surface area contributed by atoms with Crippen molar-refractivity contribution in [2.45, 2.75) is 31.8 Å². The molecule has 27 heavy (non-hydrogen) atoms. The van der Waals surface area contributed by atoms with Crippen LogP contribution in [-0.2, 0) is 17.8 Å². The molecule has 0 spiro atoms. The van der Waals surface area contributed by atoms with Crippen LogP contribution in [-0.4, -0.2) is 30.4 Å². The van der Waals surface area contributed by atoms with Gasteiger partial charge in [-0.1, -0.05) is 36.4 Å². The molecule has 0 bridgehead atoms. The van der Waals surface area contributed by atoms with Gasteiger partial charge in [0.1, 0.15) is 5.82 Å². The first-order valence-electron chi connectivity index (χ1n) is 9.14. The molecule has 1 atom stereocenters. The molecule has 1 aliphatic rings. The zero-order valence-electron chi connectivity index (χ0n) is 15.4. The van der Waals surface area contributed by atoms with Gasteiger partial charge in [0.05, 0.1) is 12.6 Å². The summed E-state index contributed by atoms with van der Waals surface area (Å²) >= 11 is 0. The summed E-state index contributed by atoms with van der Waals surface area (Å²) < 4.78 is 12.9. The lowest BCUT2D eigenvalue weighted by Crippen LogP contribution is -2.43. The van der Waals surface area contributed by atoms with E-state index in [1.54, 1.807) is 24.1 Å². The SMILES string of the molecule is CN(C(=O)CNC(=O)NCc1ccc(F)cc1)C1CCCc2ccccc21. The molecule has 6 heteroatoms. The highest BCUT2D eigenvalue weighted by Crippen LogP contribution is 2.33. The molecule has 5 nitrogen and oxygen atoms in total. The Hall–Kier alpha value is -2.89. The molecule has 1 aliphatic carbocycles. The molecular formula is C21H24FN3O2. The van der Waals surface area contributed by atoms with Crippen molar-refractivity contribution in [1.82, 2.24) is 15.5 Å². The van der Waals surface area contributed by atoms with Crippen LogP contribution in [0.15, 0.2) is 48.5 Å². The fourth-order valence-corrected chi connectivity index (χ4v) is 3.43. The fourth-order valence-electron chi connectivity index (χ4n) is 3.43. The quantitative estimate of drug-likeness (QED) is 0.850. The molecule has 2 N–H and O–H groups in total. The maximum atomic E-state index is 12.9. The number of likely N-dealkylation sites (N-methyl/N-ethyl adjacent to an activating group) is 1. The molecule has 0 saturated heterocycles. The molecule has 0 heterocycles. The minimum Gasteiger partial charge on any atom is -0.337 e. The number of fused-ring (bicyclic) bond motifs is 1. The Kier molecular flexibility index (Phi) is 6.06. The highest BCUT2D eigenvalue weighted by Gasteiger charge is 2.26. The van der Waals surface area contributed by atoms with Crippen LogP contribution in [0.25, 0.3) is 0 Å². The van der Waals surface area contributed by atoms with Gasteiger partial charge in [0.2, 0.25) is 5.91 Å². The normalized spacial score (nSPS) is 15.6. The van der Waals surface area contributed by atoms with Gasteiger partial charge < -0.3 is 15.5 Å².